The van der Waals surface area contributed by atoms with Gasteiger partial charge < -0.3 is 15.3 Å². The molecular weight excluding hydrogens is 360 g/mol. The number of halogens is 1. The third-order valence-electron chi connectivity index (χ3n) is 3.41. The number of benzene rings is 2. The molecule has 2 aromatic carbocycles. The lowest BCUT2D eigenvalue weighted by molar-refractivity contribution is 0.344. The third-order valence-corrected chi connectivity index (χ3v) is 4.57. The van der Waals surface area contributed by atoms with Gasteiger partial charge in [0.15, 0.2) is 5.82 Å². The van der Waals surface area contributed by atoms with Gasteiger partial charge in [0.2, 0.25) is 5.16 Å². The molecule has 0 saturated heterocycles. The molecule has 3 aromatic rings. The van der Waals surface area contributed by atoms with Crippen LogP contribution in [0, 0.1) is 0 Å². The Hall–Kier alpha value is -2.38. The predicted octanol–water partition coefficient (Wildman–Crippen LogP) is 3.49. The Bertz CT molecular complexity index is 839. The zero-order valence-corrected chi connectivity index (χ0v) is 15.1. The minimum Gasteiger partial charge on any atom is -0.496 e. The van der Waals surface area contributed by atoms with Crippen LogP contribution in [0.4, 0.5) is 0 Å². The maximum Gasteiger partial charge on any atom is 0.210 e. The van der Waals surface area contributed by atoms with Crippen molar-refractivity contribution in [2.75, 3.05) is 25.3 Å². The van der Waals surface area contributed by atoms with Crippen LogP contribution in [0.5, 0.6) is 11.5 Å². The zero-order chi connectivity index (χ0) is 17.6. The number of ether oxygens (including phenoxy) is 2. The van der Waals surface area contributed by atoms with Crippen LogP contribution >= 0.6 is 23.4 Å². The summed E-state index contributed by atoms with van der Waals surface area (Å²) in [5.74, 6) is 8.84. The van der Waals surface area contributed by atoms with Gasteiger partial charge in [-0.3, -0.25) is 0 Å². The molecule has 25 heavy (non-hydrogen) atoms. The maximum atomic E-state index is 6.13. The Balaban J connectivity index is 1.61. The van der Waals surface area contributed by atoms with Crippen LogP contribution < -0.4 is 15.3 Å². The molecule has 130 valence electrons. The minimum absolute atomic E-state index is 0.517. The van der Waals surface area contributed by atoms with Crippen LogP contribution in [0.25, 0.3) is 11.4 Å². The Morgan fingerprint density at radius 3 is 2.64 bits per heavy atom. The molecule has 6 nitrogen and oxygen atoms in total. The fourth-order valence-corrected chi connectivity index (χ4v) is 3.01. The SMILES string of the molecule is COc1ccccc1-c1nnc(SCCOc2ccc(Cl)cc2)n1N. The lowest BCUT2D eigenvalue weighted by atomic mass is 10.2. The molecule has 0 saturated carbocycles. The van der Waals surface area contributed by atoms with E-state index in [0.717, 1.165) is 11.3 Å². The zero-order valence-electron chi connectivity index (χ0n) is 13.6. The van der Waals surface area contributed by atoms with Gasteiger partial charge in [-0.1, -0.05) is 35.5 Å². The molecule has 2 N–H and O–H groups in total. The molecule has 0 fully saturated rings. The number of nitrogen functional groups attached to an aromatic ring is 1. The molecule has 0 aliphatic carbocycles. The van der Waals surface area contributed by atoms with Gasteiger partial charge in [0.05, 0.1) is 19.3 Å². The second-order valence-corrected chi connectivity index (χ2v) is 6.53. The Morgan fingerprint density at radius 1 is 1.12 bits per heavy atom. The van der Waals surface area contributed by atoms with Gasteiger partial charge in [0.1, 0.15) is 11.5 Å². The van der Waals surface area contributed by atoms with Crippen molar-refractivity contribution in [1.82, 2.24) is 14.9 Å². The second-order valence-electron chi connectivity index (χ2n) is 5.03. The number of nitrogens with zero attached hydrogens (tertiary/aromatic N) is 3. The van der Waals surface area contributed by atoms with Gasteiger partial charge in [-0.25, -0.2) is 4.68 Å². The highest BCUT2D eigenvalue weighted by Gasteiger charge is 2.15. The third kappa shape index (κ3) is 4.18. The van der Waals surface area contributed by atoms with E-state index in [1.807, 2.05) is 36.4 Å². The average molecular weight is 377 g/mol. The van der Waals surface area contributed by atoms with E-state index in [4.69, 9.17) is 26.9 Å². The van der Waals surface area contributed by atoms with E-state index in [0.29, 0.717) is 34.1 Å². The number of nitrogens with two attached hydrogens (primary N) is 1. The monoisotopic (exact) mass is 376 g/mol. The number of aromatic nitrogens is 3. The predicted molar refractivity (Wildman–Crippen MR) is 99.8 cm³/mol. The molecule has 1 aromatic heterocycles. The molecule has 0 unspecified atom stereocenters. The van der Waals surface area contributed by atoms with Crippen LogP contribution in [0.1, 0.15) is 0 Å². The lowest BCUT2D eigenvalue weighted by Crippen LogP contribution is -2.12. The van der Waals surface area contributed by atoms with Crippen LogP contribution in [0.2, 0.25) is 5.02 Å². The molecule has 0 atom stereocenters. The number of rotatable bonds is 7. The van der Waals surface area contributed by atoms with Crippen LogP contribution in [-0.2, 0) is 0 Å². The van der Waals surface area contributed by atoms with Crippen molar-refractivity contribution in [1.29, 1.82) is 0 Å². The van der Waals surface area contributed by atoms with Crippen molar-refractivity contribution in [3.63, 3.8) is 0 Å². The second kappa shape index (κ2) is 8.13. The van der Waals surface area contributed by atoms with Crippen LogP contribution in [0.15, 0.2) is 53.7 Å². The molecule has 0 spiro atoms. The van der Waals surface area contributed by atoms with Crippen LogP contribution in [0.3, 0.4) is 0 Å². The molecular formula is C17H17ClN4O2S. The molecule has 0 aliphatic rings. The first kappa shape index (κ1) is 17.4. The number of para-hydroxylation sites is 1. The number of thioether (sulfide) groups is 1. The van der Waals surface area contributed by atoms with Crippen molar-refractivity contribution in [2.45, 2.75) is 5.16 Å². The summed E-state index contributed by atoms with van der Waals surface area (Å²) in [5, 5.41) is 9.61. The van der Waals surface area contributed by atoms with Crippen molar-refractivity contribution < 1.29 is 9.47 Å². The van der Waals surface area contributed by atoms with E-state index in [9.17, 15) is 0 Å². The van der Waals surface area contributed by atoms with E-state index in [1.54, 1.807) is 19.2 Å². The largest absolute Gasteiger partial charge is 0.496 e. The van der Waals surface area contributed by atoms with Crippen molar-refractivity contribution in [3.8, 4) is 22.9 Å². The summed E-state index contributed by atoms with van der Waals surface area (Å²) in [6.07, 6.45) is 0. The summed E-state index contributed by atoms with van der Waals surface area (Å²) in [4.78, 5) is 0. The van der Waals surface area contributed by atoms with Gasteiger partial charge in [-0.05, 0) is 36.4 Å². The summed E-state index contributed by atoms with van der Waals surface area (Å²) < 4.78 is 12.5. The maximum absolute atomic E-state index is 6.13. The Labute approximate surface area is 154 Å². The lowest BCUT2D eigenvalue weighted by Gasteiger charge is -2.08. The van der Waals surface area contributed by atoms with Gasteiger partial charge in [-0.2, -0.15) is 0 Å². The van der Waals surface area contributed by atoms with Crippen molar-refractivity contribution in [3.05, 3.63) is 53.6 Å². The quantitative estimate of drug-likeness (QED) is 0.386. The number of hydrogen-bond donors (Lipinski definition) is 1. The standard InChI is InChI=1S/C17H17ClN4O2S/c1-23-15-5-3-2-4-14(15)16-20-21-17(22(16)19)25-11-10-24-13-8-6-12(18)7-9-13/h2-9H,10-11,19H2,1H3. The molecule has 0 aliphatic heterocycles. The molecule has 3 rings (SSSR count). The first-order chi connectivity index (χ1) is 12.2. The topological polar surface area (TPSA) is 75.2 Å². The summed E-state index contributed by atoms with van der Waals surface area (Å²) in [6.45, 7) is 0.517. The van der Waals surface area contributed by atoms with E-state index >= 15 is 0 Å². The minimum atomic E-state index is 0.517. The van der Waals surface area contributed by atoms with Crippen molar-refractivity contribution >= 4 is 23.4 Å². The Morgan fingerprint density at radius 2 is 1.88 bits per heavy atom. The summed E-state index contributed by atoms with van der Waals surface area (Å²) in [5.41, 5.74) is 0.796. The average Bonchev–Trinajstić information content (AvgIpc) is 3.00. The Kier molecular flexibility index (Phi) is 5.67. The molecule has 0 bridgehead atoms. The highest BCUT2D eigenvalue weighted by atomic mass is 35.5. The number of methoxy groups -OCH3 is 1. The van der Waals surface area contributed by atoms with E-state index < -0.39 is 0 Å². The first-order valence-electron chi connectivity index (χ1n) is 7.54. The fraction of sp³-hybridized carbons (Fsp3) is 0.176. The number of hydrogen-bond acceptors (Lipinski definition) is 6. The molecule has 1 heterocycles. The van der Waals surface area contributed by atoms with Gasteiger partial charge in [0.25, 0.3) is 0 Å². The van der Waals surface area contributed by atoms with Gasteiger partial charge >= 0.3 is 0 Å². The van der Waals surface area contributed by atoms with E-state index in [1.165, 1.54) is 16.4 Å². The van der Waals surface area contributed by atoms with E-state index in [2.05, 4.69) is 10.2 Å². The van der Waals surface area contributed by atoms with Crippen LogP contribution in [-0.4, -0.2) is 34.3 Å². The smallest absolute Gasteiger partial charge is 0.210 e. The highest BCUT2D eigenvalue weighted by molar-refractivity contribution is 7.99. The molecule has 0 amide bonds. The highest BCUT2D eigenvalue weighted by Crippen LogP contribution is 2.29. The first-order valence-corrected chi connectivity index (χ1v) is 8.90. The molecule has 0 radical (unpaired) electrons. The van der Waals surface area contributed by atoms with Gasteiger partial charge in [-0.15, -0.1) is 10.2 Å². The summed E-state index contributed by atoms with van der Waals surface area (Å²) >= 11 is 7.32. The fourth-order valence-electron chi connectivity index (χ4n) is 2.21. The van der Waals surface area contributed by atoms with Crippen molar-refractivity contribution in [2.24, 2.45) is 0 Å². The molecule has 8 heteroatoms. The van der Waals surface area contributed by atoms with E-state index in [-0.39, 0.29) is 0 Å². The normalized spacial score (nSPS) is 10.6. The summed E-state index contributed by atoms with van der Waals surface area (Å²) in [7, 11) is 1.61. The van der Waals surface area contributed by atoms with Gasteiger partial charge in [0, 0.05) is 10.8 Å². The summed E-state index contributed by atoms with van der Waals surface area (Å²) in [6, 6.07) is 14.8.